The highest BCUT2D eigenvalue weighted by Gasteiger charge is 2.34. The predicted molar refractivity (Wildman–Crippen MR) is 129 cm³/mol. The van der Waals surface area contributed by atoms with E-state index in [2.05, 4.69) is 24.3 Å². The van der Waals surface area contributed by atoms with Crippen LogP contribution in [-0.4, -0.2) is 5.97 Å². The van der Waals surface area contributed by atoms with Crippen molar-refractivity contribution in [3.63, 3.8) is 0 Å². The molecule has 32 heavy (non-hydrogen) atoms. The standard InChI is InChI=1S/C30H22O2/c31-30-28(25-19-11-4-12-20-25)27(24-17-9-3-10-18-24)29(32-30)26(23-15-7-2-8-16-23)21-22-13-5-1-6-14-22/h1-20H,21H2/b29-26+. The minimum Gasteiger partial charge on any atom is -0.422 e. The SMILES string of the molecule is O=C1O/C(=C(\Cc2ccccc2)c2ccccc2)C(c2ccccc2)=C1c1ccccc1. The highest BCUT2D eigenvalue weighted by molar-refractivity contribution is 6.31. The molecule has 2 nitrogen and oxygen atoms in total. The summed E-state index contributed by atoms with van der Waals surface area (Å²) in [7, 11) is 0. The third kappa shape index (κ3) is 3.91. The Kier molecular flexibility index (Phi) is 5.50. The maximum absolute atomic E-state index is 13.2. The molecular formula is C30H22O2. The lowest BCUT2D eigenvalue weighted by atomic mass is 9.89. The number of hydrogen-bond donors (Lipinski definition) is 0. The summed E-state index contributed by atoms with van der Waals surface area (Å²) in [5, 5.41) is 0. The van der Waals surface area contributed by atoms with Crippen LogP contribution in [0.25, 0.3) is 16.7 Å². The van der Waals surface area contributed by atoms with Gasteiger partial charge in [-0.1, -0.05) is 121 Å². The fourth-order valence-electron chi connectivity index (χ4n) is 4.12. The van der Waals surface area contributed by atoms with Gasteiger partial charge < -0.3 is 4.74 Å². The van der Waals surface area contributed by atoms with E-state index in [-0.39, 0.29) is 5.97 Å². The molecule has 0 aliphatic carbocycles. The molecule has 1 aliphatic heterocycles. The molecule has 0 amide bonds. The highest BCUT2D eigenvalue weighted by Crippen LogP contribution is 2.43. The van der Waals surface area contributed by atoms with Gasteiger partial charge in [-0.25, -0.2) is 4.79 Å². The van der Waals surface area contributed by atoms with Crippen LogP contribution in [0.3, 0.4) is 0 Å². The van der Waals surface area contributed by atoms with E-state index in [1.54, 1.807) is 0 Å². The van der Waals surface area contributed by atoms with Gasteiger partial charge in [0.1, 0.15) is 5.76 Å². The number of ether oxygens (including phenoxy) is 1. The van der Waals surface area contributed by atoms with E-state index >= 15 is 0 Å². The number of carbonyl (C=O) groups is 1. The second kappa shape index (κ2) is 8.91. The van der Waals surface area contributed by atoms with Crippen molar-refractivity contribution in [3.05, 3.63) is 149 Å². The molecule has 0 saturated carbocycles. The summed E-state index contributed by atoms with van der Waals surface area (Å²) in [6, 6.07) is 40.3. The number of benzene rings is 4. The number of allylic oxidation sites excluding steroid dienone is 2. The molecule has 0 radical (unpaired) electrons. The summed E-state index contributed by atoms with van der Waals surface area (Å²) < 4.78 is 6.05. The lowest BCUT2D eigenvalue weighted by Crippen LogP contribution is -2.01. The molecule has 0 bridgehead atoms. The van der Waals surface area contributed by atoms with E-state index in [0.29, 0.717) is 17.8 Å². The Morgan fingerprint density at radius 2 is 1.03 bits per heavy atom. The molecule has 2 heteroatoms. The molecule has 154 valence electrons. The molecule has 1 heterocycles. The molecule has 0 aromatic heterocycles. The van der Waals surface area contributed by atoms with Crippen LogP contribution in [0.2, 0.25) is 0 Å². The van der Waals surface area contributed by atoms with Gasteiger partial charge in [0, 0.05) is 17.6 Å². The van der Waals surface area contributed by atoms with Crippen LogP contribution in [0.4, 0.5) is 0 Å². The molecule has 4 aromatic rings. The van der Waals surface area contributed by atoms with Gasteiger partial charge in [-0.2, -0.15) is 0 Å². The Balaban J connectivity index is 1.79. The van der Waals surface area contributed by atoms with E-state index < -0.39 is 0 Å². The first-order valence-electron chi connectivity index (χ1n) is 10.7. The first-order valence-corrected chi connectivity index (χ1v) is 10.7. The zero-order valence-electron chi connectivity index (χ0n) is 17.6. The van der Waals surface area contributed by atoms with Gasteiger partial charge in [-0.05, 0) is 22.3 Å². The molecule has 1 aliphatic rings. The van der Waals surface area contributed by atoms with Gasteiger partial charge in [0.25, 0.3) is 0 Å². The molecular weight excluding hydrogens is 392 g/mol. The normalized spacial score (nSPS) is 14.9. The molecule has 0 N–H and O–H groups in total. The average Bonchev–Trinajstić information content (AvgIpc) is 3.21. The molecule has 0 atom stereocenters. The molecule has 0 saturated heterocycles. The van der Waals surface area contributed by atoms with E-state index in [0.717, 1.165) is 33.4 Å². The van der Waals surface area contributed by atoms with Crippen molar-refractivity contribution in [2.75, 3.05) is 0 Å². The minimum atomic E-state index is -0.313. The maximum atomic E-state index is 13.2. The second-order valence-electron chi connectivity index (χ2n) is 7.71. The maximum Gasteiger partial charge on any atom is 0.344 e. The van der Waals surface area contributed by atoms with E-state index in [1.807, 2.05) is 97.1 Å². The van der Waals surface area contributed by atoms with Crippen LogP contribution in [0, 0.1) is 0 Å². The number of hydrogen-bond acceptors (Lipinski definition) is 2. The second-order valence-corrected chi connectivity index (χ2v) is 7.71. The summed E-state index contributed by atoms with van der Waals surface area (Å²) in [4.78, 5) is 13.2. The van der Waals surface area contributed by atoms with Crippen LogP contribution in [0.15, 0.2) is 127 Å². The quantitative estimate of drug-likeness (QED) is 0.335. The molecule has 5 rings (SSSR count). The van der Waals surface area contributed by atoms with Crippen molar-refractivity contribution in [1.82, 2.24) is 0 Å². The van der Waals surface area contributed by atoms with E-state index in [4.69, 9.17) is 4.74 Å². The van der Waals surface area contributed by atoms with Crippen molar-refractivity contribution < 1.29 is 9.53 Å². The van der Waals surface area contributed by atoms with Gasteiger partial charge in [-0.3, -0.25) is 0 Å². The van der Waals surface area contributed by atoms with Gasteiger partial charge in [0.05, 0.1) is 5.57 Å². The minimum absolute atomic E-state index is 0.313. The molecule has 4 aromatic carbocycles. The van der Waals surface area contributed by atoms with Crippen LogP contribution in [-0.2, 0) is 16.0 Å². The number of cyclic esters (lactones) is 1. The first-order chi connectivity index (χ1) is 15.8. The van der Waals surface area contributed by atoms with E-state index in [1.165, 1.54) is 0 Å². The predicted octanol–water partition coefficient (Wildman–Crippen LogP) is 6.81. The zero-order chi connectivity index (χ0) is 21.8. The Hall–Kier alpha value is -4.17. The van der Waals surface area contributed by atoms with Gasteiger partial charge in [0.15, 0.2) is 0 Å². The summed E-state index contributed by atoms with van der Waals surface area (Å²) in [6.07, 6.45) is 0.659. The smallest absolute Gasteiger partial charge is 0.344 e. The Labute approximate surface area is 188 Å². The number of carbonyl (C=O) groups excluding carboxylic acids is 1. The molecule has 0 fully saturated rings. The number of esters is 1. The Bertz CT molecular complexity index is 1290. The fraction of sp³-hybridized carbons (Fsp3) is 0.0333. The monoisotopic (exact) mass is 414 g/mol. The topological polar surface area (TPSA) is 26.3 Å². The van der Waals surface area contributed by atoms with Crippen LogP contribution < -0.4 is 0 Å². The lowest BCUT2D eigenvalue weighted by molar-refractivity contribution is -0.131. The van der Waals surface area contributed by atoms with Crippen molar-refractivity contribution >= 4 is 22.7 Å². The molecule has 0 unspecified atom stereocenters. The summed E-state index contributed by atoms with van der Waals surface area (Å²) in [6.45, 7) is 0. The average molecular weight is 415 g/mol. The van der Waals surface area contributed by atoms with Crippen molar-refractivity contribution in [2.45, 2.75) is 6.42 Å². The third-order valence-corrected chi connectivity index (χ3v) is 5.62. The molecule has 0 spiro atoms. The summed E-state index contributed by atoms with van der Waals surface area (Å²) in [5.74, 6) is 0.321. The first kappa shape index (κ1) is 19.8. The fourth-order valence-corrected chi connectivity index (χ4v) is 4.12. The van der Waals surface area contributed by atoms with Gasteiger partial charge >= 0.3 is 5.97 Å². The third-order valence-electron chi connectivity index (χ3n) is 5.62. The van der Waals surface area contributed by atoms with Crippen LogP contribution in [0.1, 0.15) is 22.3 Å². The Morgan fingerprint density at radius 3 is 1.59 bits per heavy atom. The van der Waals surface area contributed by atoms with Crippen molar-refractivity contribution in [2.24, 2.45) is 0 Å². The van der Waals surface area contributed by atoms with E-state index in [9.17, 15) is 4.79 Å². The lowest BCUT2D eigenvalue weighted by Gasteiger charge is -2.14. The Morgan fingerprint density at radius 1 is 0.562 bits per heavy atom. The largest absolute Gasteiger partial charge is 0.422 e. The highest BCUT2D eigenvalue weighted by atomic mass is 16.5. The van der Waals surface area contributed by atoms with Gasteiger partial charge in [-0.15, -0.1) is 0 Å². The summed E-state index contributed by atoms with van der Waals surface area (Å²) in [5.41, 5.74) is 6.48. The number of rotatable bonds is 5. The summed E-state index contributed by atoms with van der Waals surface area (Å²) >= 11 is 0. The zero-order valence-corrected chi connectivity index (χ0v) is 17.6. The van der Waals surface area contributed by atoms with Crippen LogP contribution >= 0.6 is 0 Å². The van der Waals surface area contributed by atoms with Crippen LogP contribution in [0.5, 0.6) is 0 Å². The van der Waals surface area contributed by atoms with Crippen molar-refractivity contribution in [1.29, 1.82) is 0 Å². The van der Waals surface area contributed by atoms with Gasteiger partial charge in [0.2, 0.25) is 0 Å². The van der Waals surface area contributed by atoms with Crippen molar-refractivity contribution in [3.8, 4) is 0 Å².